The highest BCUT2D eigenvalue weighted by Crippen LogP contribution is 2.18. The van der Waals surface area contributed by atoms with Crippen molar-refractivity contribution in [2.75, 3.05) is 5.32 Å². The molecule has 0 aliphatic rings. The molecule has 5 nitrogen and oxygen atoms in total. The van der Waals surface area contributed by atoms with E-state index in [1.807, 2.05) is 6.92 Å². The van der Waals surface area contributed by atoms with Crippen molar-refractivity contribution in [2.45, 2.75) is 33.6 Å². The Balaban J connectivity index is 1.89. The number of hydrogen-bond donors (Lipinski definition) is 1. The number of anilines is 1. The Kier molecular flexibility index (Phi) is 6.69. The molecule has 0 aliphatic carbocycles. The average molecular weight is 340 g/mol. The van der Waals surface area contributed by atoms with Gasteiger partial charge in [-0.05, 0) is 54.7 Å². The summed E-state index contributed by atoms with van der Waals surface area (Å²) in [4.78, 5) is 28.1. The molecule has 0 bridgehead atoms. The van der Waals surface area contributed by atoms with Crippen LogP contribution in [0.15, 0.2) is 48.8 Å². The van der Waals surface area contributed by atoms with Crippen molar-refractivity contribution < 1.29 is 14.3 Å². The van der Waals surface area contributed by atoms with Crippen molar-refractivity contribution >= 4 is 17.6 Å². The summed E-state index contributed by atoms with van der Waals surface area (Å²) in [6, 6.07) is 10.0. The normalized spacial score (nSPS) is 11.8. The highest BCUT2D eigenvalue weighted by molar-refractivity contribution is 6.04. The summed E-state index contributed by atoms with van der Waals surface area (Å²) in [5, 5.41) is 2.75. The summed E-state index contributed by atoms with van der Waals surface area (Å²) in [5.74, 6) is 0.800. The number of nitrogens with zero attached hydrogens (tertiary/aromatic N) is 1. The molecular weight excluding hydrogens is 316 g/mol. The highest BCUT2D eigenvalue weighted by Gasteiger charge is 2.13. The monoisotopic (exact) mass is 340 g/mol. The Labute approximate surface area is 148 Å². The van der Waals surface area contributed by atoms with Crippen LogP contribution >= 0.6 is 0 Å². The molecule has 1 aromatic carbocycles. The number of carbonyl (C=O) groups excluding carboxylic acids is 2. The van der Waals surface area contributed by atoms with Gasteiger partial charge in [0, 0.05) is 18.2 Å². The lowest BCUT2D eigenvalue weighted by molar-refractivity contribution is -0.135. The van der Waals surface area contributed by atoms with E-state index in [0.717, 1.165) is 6.42 Å². The fourth-order valence-electron chi connectivity index (χ4n) is 2.66. The van der Waals surface area contributed by atoms with Gasteiger partial charge in [0.25, 0.3) is 5.91 Å². The first-order valence-electron chi connectivity index (χ1n) is 8.46. The summed E-state index contributed by atoms with van der Waals surface area (Å²) in [7, 11) is 0. The van der Waals surface area contributed by atoms with Crippen LogP contribution in [0.4, 0.5) is 5.69 Å². The van der Waals surface area contributed by atoms with Crippen molar-refractivity contribution in [3.8, 4) is 5.75 Å². The molecule has 1 N–H and O–H groups in total. The molecule has 0 aliphatic heterocycles. The van der Waals surface area contributed by atoms with E-state index in [0.29, 0.717) is 29.3 Å². The largest absolute Gasteiger partial charge is 0.427 e. The van der Waals surface area contributed by atoms with E-state index < -0.39 is 0 Å². The van der Waals surface area contributed by atoms with Gasteiger partial charge >= 0.3 is 5.97 Å². The van der Waals surface area contributed by atoms with E-state index in [1.165, 1.54) is 0 Å². The molecule has 1 heterocycles. The van der Waals surface area contributed by atoms with Crippen molar-refractivity contribution in [1.29, 1.82) is 0 Å². The summed E-state index contributed by atoms with van der Waals surface area (Å²) >= 11 is 0. The smallest absolute Gasteiger partial charge is 0.311 e. The van der Waals surface area contributed by atoms with Crippen molar-refractivity contribution in [2.24, 2.45) is 11.8 Å². The fraction of sp³-hybridized carbons (Fsp3) is 0.350. The van der Waals surface area contributed by atoms with Crippen LogP contribution < -0.4 is 10.1 Å². The number of pyridine rings is 1. The molecule has 25 heavy (non-hydrogen) atoms. The second-order valence-electron chi connectivity index (χ2n) is 6.63. The predicted octanol–water partition coefficient (Wildman–Crippen LogP) is 4.31. The van der Waals surface area contributed by atoms with E-state index in [4.69, 9.17) is 4.74 Å². The highest BCUT2D eigenvalue weighted by atomic mass is 16.5. The zero-order valence-electron chi connectivity index (χ0n) is 14.9. The first kappa shape index (κ1) is 18.6. The minimum Gasteiger partial charge on any atom is -0.427 e. The number of ether oxygens (including phenoxy) is 1. The van der Waals surface area contributed by atoms with Gasteiger partial charge in [0.2, 0.25) is 0 Å². The van der Waals surface area contributed by atoms with Crippen LogP contribution in [-0.4, -0.2) is 16.9 Å². The van der Waals surface area contributed by atoms with Crippen LogP contribution in [0.1, 0.15) is 44.0 Å². The average Bonchev–Trinajstić information content (AvgIpc) is 2.55. The molecule has 132 valence electrons. The maximum Gasteiger partial charge on any atom is 0.311 e. The molecular formula is C20H24N2O3. The van der Waals surface area contributed by atoms with Gasteiger partial charge in [-0.3, -0.25) is 14.6 Å². The van der Waals surface area contributed by atoms with Crippen LogP contribution in [0, 0.1) is 11.8 Å². The Bertz CT molecular complexity index is 697. The summed E-state index contributed by atoms with van der Waals surface area (Å²) < 4.78 is 5.34. The quantitative estimate of drug-likeness (QED) is 0.602. The Morgan fingerprint density at radius 1 is 1.12 bits per heavy atom. The van der Waals surface area contributed by atoms with Crippen LogP contribution in [-0.2, 0) is 4.79 Å². The number of benzene rings is 1. The van der Waals surface area contributed by atoms with Crippen molar-refractivity contribution in [3.05, 3.63) is 54.4 Å². The lowest BCUT2D eigenvalue weighted by atomic mass is 9.96. The zero-order valence-corrected chi connectivity index (χ0v) is 14.9. The summed E-state index contributed by atoms with van der Waals surface area (Å²) in [6.45, 7) is 6.32. The summed E-state index contributed by atoms with van der Waals surface area (Å²) in [6.07, 6.45) is 4.59. The molecule has 0 saturated heterocycles. The fourth-order valence-corrected chi connectivity index (χ4v) is 2.66. The van der Waals surface area contributed by atoms with E-state index in [1.54, 1.807) is 48.8 Å². The minimum atomic E-state index is -0.249. The van der Waals surface area contributed by atoms with Gasteiger partial charge in [-0.2, -0.15) is 0 Å². The maximum absolute atomic E-state index is 12.1. The molecule has 1 unspecified atom stereocenters. The van der Waals surface area contributed by atoms with Gasteiger partial charge in [-0.15, -0.1) is 0 Å². The third kappa shape index (κ3) is 6.37. The Morgan fingerprint density at radius 2 is 1.84 bits per heavy atom. The SMILES string of the molecule is CC(C)CC(C)CC(=O)Oc1ccc(C(=O)Nc2cccnc2)cc1. The maximum atomic E-state index is 12.1. The molecule has 5 heteroatoms. The molecule has 1 aromatic heterocycles. The van der Waals surface area contributed by atoms with Gasteiger partial charge in [0.1, 0.15) is 5.75 Å². The lowest BCUT2D eigenvalue weighted by Gasteiger charge is -2.13. The molecule has 1 amide bonds. The van der Waals surface area contributed by atoms with Crippen LogP contribution in [0.2, 0.25) is 0 Å². The Hall–Kier alpha value is -2.69. The second-order valence-corrected chi connectivity index (χ2v) is 6.63. The van der Waals surface area contributed by atoms with E-state index in [2.05, 4.69) is 24.1 Å². The molecule has 1 atom stereocenters. The van der Waals surface area contributed by atoms with Gasteiger partial charge in [0.15, 0.2) is 0 Å². The summed E-state index contributed by atoms with van der Waals surface area (Å²) in [5.41, 5.74) is 1.11. The van der Waals surface area contributed by atoms with E-state index in [-0.39, 0.29) is 17.8 Å². The topological polar surface area (TPSA) is 68.3 Å². The standard InChI is InChI=1S/C20H24N2O3/c1-14(2)11-15(3)12-19(23)25-18-8-6-16(7-9-18)20(24)22-17-5-4-10-21-13-17/h4-10,13-15H,11-12H2,1-3H3,(H,22,24). The number of carbonyl (C=O) groups is 2. The minimum absolute atomic E-state index is 0.239. The molecule has 0 fully saturated rings. The number of hydrogen-bond acceptors (Lipinski definition) is 4. The second kappa shape index (κ2) is 8.97. The van der Waals surface area contributed by atoms with Crippen molar-refractivity contribution in [3.63, 3.8) is 0 Å². The zero-order chi connectivity index (χ0) is 18.2. The lowest BCUT2D eigenvalue weighted by Crippen LogP contribution is -2.14. The third-order valence-electron chi connectivity index (χ3n) is 3.66. The number of amides is 1. The van der Waals surface area contributed by atoms with E-state index >= 15 is 0 Å². The molecule has 2 rings (SSSR count). The van der Waals surface area contributed by atoms with Gasteiger partial charge in [0.05, 0.1) is 11.9 Å². The first-order valence-corrected chi connectivity index (χ1v) is 8.46. The van der Waals surface area contributed by atoms with Crippen LogP contribution in [0.3, 0.4) is 0 Å². The van der Waals surface area contributed by atoms with Gasteiger partial charge in [-0.1, -0.05) is 20.8 Å². The molecule has 2 aromatic rings. The first-order chi connectivity index (χ1) is 11.9. The molecule has 0 saturated carbocycles. The van der Waals surface area contributed by atoms with Crippen LogP contribution in [0.5, 0.6) is 5.75 Å². The molecule has 0 radical (unpaired) electrons. The van der Waals surface area contributed by atoms with Crippen molar-refractivity contribution in [1.82, 2.24) is 4.98 Å². The Morgan fingerprint density at radius 3 is 2.44 bits per heavy atom. The van der Waals surface area contributed by atoms with Gasteiger partial charge < -0.3 is 10.1 Å². The molecule has 0 spiro atoms. The van der Waals surface area contributed by atoms with Gasteiger partial charge in [-0.25, -0.2) is 0 Å². The van der Waals surface area contributed by atoms with E-state index in [9.17, 15) is 9.59 Å². The predicted molar refractivity (Wildman–Crippen MR) is 97.5 cm³/mol. The number of aromatic nitrogens is 1. The third-order valence-corrected chi connectivity index (χ3v) is 3.66. The number of esters is 1. The number of nitrogens with one attached hydrogen (secondary N) is 1. The number of rotatable bonds is 7. The van der Waals surface area contributed by atoms with Crippen LogP contribution in [0.25, 0.3) is 0 Å².